The first kappa shape index (κ1) is 21.4. The normalized spacial score (nSPS) is 18.0. The van der Waals surface area contributed by atoms with Gasteiger partial charge in [-0.1, -0.05) is 50.1 Å². The zero-order valence-electron chi connectivity index (χ0n) is 17.3. The molecule has 2 atom stereocenters. The van der Waals surface area contributed by atoms with Crippen molar-refractivity contribution in [3.8, 4) is 6.07 Å². The summed E-state index contributed by atoms with van der Waals surface area (Å²) in [4.78, 5) is 30.7. The van der Waals surface area contributed by atoms with Crippen molar-refractivity contribution in [2.24, 2.45) is 0 Å². The number of nitrogens with one attached hydrogen (secondary N) is 1. The van der Waals surface area contributed by atoms with Crippen molar-refractivity contribution in [3.05, 3.63) is 34.6 Å². The Labute approximate surface area is 175 Å². The van der Waals surface area contributed by atoms with Crippen LogP contribution in [0.2, 0.25) is 0 Å². The molecule has 7 heteroatoms. The molecule has 0 saturated heterocycles. The minimum atomic E-state index is -0.767. The molecule has 0 bridgehead atoms. The Morgan fingerprint density at radius 1 is 1.31 bits per heavy atom. The molecule has 29 heavy (non-hydrogen) atoms. The number of carbonyl (C=O) groups excluding carboxylic acids is 1. The lowest BCUT2D eigenvalue weighted by molar-refractivity contribution is -0.121. The van der Waals surface area contributed by atoms with Crippen molar-refractivity contribution >= 4 is 28.6 Å². The van der Waals surface area contributed by atoms with Crippen LogP contribution in [0.5, 0.6) is 0 Å². The van der Waals surface area contributed by atoms with E-state index in [1.807, 2.05) is 32.0 Å². The number of nitriles is 1. The van der Waals surface area contributed by atoms with Gasteiger partial charge in [-0.05, 0) is 45.2 Å². The number of hydrogen-bond donors (Lipinski definition) is 1. The summed E-state index contributed by atoms with van der Waals surface area (Å²) in [6.45, 7) is 5.81. The SMILES string of the molecule is CC[C@H](C)n1c(S[C@H](C)C(=O)NC2(C#N)CCCCC2)nc2ccccc2c1=O. The van der Waals surface area contributed by atoms with E-state index in [0.29, 0.717) is 28.9 Å². The lowest BCUT2D eigenvalue weighted by atomic mass is 9.83. The lowest BCUT2D eigenvalue weighted by Gasteiger charge is -2.32. The lowest BCUT2D eigenvalue weighted by Crippen LogP contribution is -2.51. The van der Waals surface area contributed by atoms with Gasteiger partial charge in [-0.15, -0.1) is 0 Å². The van der Waals surface area contributed by atoms with Gasteiger partial charge in [0.1, 0.15) is 5.54 Å². The molecule has 1 aliphatic rings. The van der Waals surface area contributed by atoms with Crippen LogP contribution in [0.1, 0.15) is 65.3 Å². The number of amides is 1. The molecule has 1 amide bonds. The van der Waals surface area contributed by atoms with E-state index in [4.69, 9.17) is 4.98 Å². The second kappa shape index (κ2) is 9.00. The van der Waals surface area contributed by atoms with Crippen LogP contribution in [0.25, 0.3) is 10.9 Å². The number of nitrogens with zero attached hydrogens (tertiary/aromatic N) is 3. The molecule has 1 aromatic carbocycles. The molecule has 6 nitrogen and oxygen atoms in total. The third kappa shape index (κ3) is 4.48. The van der Waals surface area contributed by atoms with E-state index in [0.717, 1.165) is 25.7 Å². The quantitative estimate of drug-likeness (QED) is 0.568. The summed E-state index contributed by atoms with van der Waals surface area (Å²) in [5.74, 6) is -0.184. The minimum Gasteiger partial charge on any atom is -0.337 e. The van der Waals surface area contributed by atoms with Gasteiger partial charge in [0.15, 0.2) is 5.16 Å². The fraction of sp³-hybridized carbons (Fsp3) is 0.545. The van der Waals surface area contributed by atoms with Gasteiger partial charge in [-0.3, -0.25) is 14.2 Å². The zero-order chi connectivity index (χ0) is 21.0. The topological polar surface area (TPSA) is 87.8 Å². The molecule has 0 spiro atoms. The molecule has 2 aromatic rings. The Morgan fingerprint density at radius 3 is 2.66 bits per heavy atom. The van der Waals surface area contributed by atoms with Crippen LogP contribution in [0, 0.1) is 11.3 Å². The summed E-state index contributed by atoms with van der Waals surface area (Å²) >= 11 is 1.28. The van der Waals surface area contributed by atoms with Crippen LogP contribution in [-0.4, -0.2) is 26.2 Å². The summed E-state index contributed by atoms with van der Waals surface area (Å²) in [6, 6.07) is 9.59. The minimum absolute atomic E-state index is 0.0267. The maximum absolute atomic E-state index is 13.1. The van der Waals surface area contributed by atoms with Crippen LogP contribution >= 0.6 is 11.8 Å². The monoisotopic (exact) mass is 412 g/mol. The van der Waals surface area contributed by atoms with E-state index in [1.165, 1.54) is 11.8 Å². The number of hydrogen-bond acceptors (Lipinski definition) is 5. The van der Waals surface area contributed by atoms with E-state index in [9.17, 15) is 14.9 Å². The van der Waals surface area contributed by atoms with Gasteiger partial charge < -0.3 is 5.32 Å². The Morgan fingerprint density at radius 2 is 2.00 bits per heavy atom. The summed E-state index contributed by atoms with van der Waals surface area (Å²) < 4.78 is 1.69. The second-order valence-electron chi connectivity index (χ2n) is 7.85. The zero-order valence-corrected chi connectivity index (χ0v) is 18.1. The highest BCUT2D eigenvalue weighted by Crippen LogP contribution is 2.30. The van der Waals surface area contributed by atoms with E-state index in [2.05, 4.69) is 11.4 Å². The maximum atomic E-state index is 13.1. The number of benzene rings is 1. The van der Waals surface area contributed by atoms with Crippen LogP contribution < -0.4 is 10.9 Å². The number of thioether (sulfide) groups is 1. The molecule has 0 unspecified atom stereocenters. The van der Waals surface area contributed by atoms with Crippen LogP contribution in [0.4, 0.5) is 0 Å². The first-order valence-corrected chi connectivity index (χ1v) is 11.2. The van der Waals surface area contributed by atoms with Gasteiger partial charge in [0.05, 0.1) is 22.2 Å². The first-order chi connectivity index (χ1) is 13.9. The molecular formula is C22H28N4O2S. The van der Waals surface area contributed by atoms with Crippen molar-refractivity contribution < 1.29 is 4.79 Å². The Hall–Kier alpha value is -2.33. The molecule has 1 fully saturated rings. The summed E-state index contributed by atoms with van der Waals surface area (Å²) in [6.07, 6.45) is 5.18. The molecule has 3 rings (SSSR count). The highest BCUT2D eigenvalue weighted by Gasteiger charge is 2.35. The van der Waals surface area contributed by atoms with Gasteiger partial charge in [-0.2, -0.15) is 5.26 Å². The number of carbonyl (C=O) groups is 1. The van der Waals surface area contributed by atoms with Crippen molar-refractivity contribution in [1.82, 2.24) is 14.9 Å². The number of aromatic nitrogens is 2. The van der Waals surface area contributed by atoms with Gasteiger partial charge in [-0.25, -0.2) is 4.98 Å². The number of para-hydroxylation sites is 1. The van der Waals surface area contributed by atoms with Crippen molar-refractivity contribution in [3.63, 3.8) is 0 Å². The van der Waals surface area contributed by atoms with Crippen molar-refractivity contribution in [2.45, 2.75) is 81.3 Å². The molecule has 154 valence electrons. The largest absolute Gasteiger partial charge is 0.337 e. The molecule has 0 aliphatic heterocycles. The van der Waals surface area contributed by atoms with Crippen LogP contribution in [0.15, 0.2) is 34.2 Å². The molecule has 1 N–H and O–H groups in total. The van der Waals surface area contributed by atoms with Crippen LogP contribution in [0.3, 0.4) is 0 Å². The highest BCUT2D eigenvalue weighted by atomic mass is 32.2. The van der Waals surface area contributed by atoms with E-state index in [-0.39, 0.29) is 17.5 Å². The average molecular weight is 413 g/mol. The van der Waals surface area contributed by atoms with E-state index in [1.54, 1.807) is 17.6 Å². The number of rotatable bonds is 6. The number of fused-ring (bicyclic) bond motifs is 1. The fourth-order valence-corrected chi connectivity index (χ4v) is 4.76. The standard InChI is InChI=1S/C22H28N4O2S/c1-4-15(2)26-20(28)17-10-6-7-11-18(17)24-21(26)29-16(3)19(27)25-22(14-23)12-8-5-9-13-22/h6-7,10-11,15-16H,4-5,8-9,12-13H2,1-3H3,(H,25,27)/t15-,16+/m0/s1. The first-order valence-electron chi connectivity index (χ1n) is 10.3. The predicted molar refractivity (Wildman–Crippen MR) is 116 cm³/mol. The fourth-order valence-electron chi connectivity index (χ4n) is 3.75. The molecule has 0 radical (unpaired) electrons. The van der Waals surface area contributed by atoms with Crippen molar-refractivity contribution in [2.75, 3.05) is 0 Å². The highest BCUT2D eigenvalue weighted by molar-refractivity contribution is 8.00. The average Bonchev–Trinajstić information content (AvgIpc) is 2.74. The summed E-state index contributed by atoms with van der Waals surface area (Å²) in [7, 11) is 0. The van der Waals surface area contributed by atoms with Crippen molar-refractivity contribution in [1.29, 1.82) is 5.26 Å². The third-order valence-electron chi connectivity index (χ3n) is 5.74. The van der Waals surface area contributed by atoms with Gasteiger partial charge in [0.25, 0.3) is 5.56 Å². The van der Waals surface area contributed by atoms with E-state index < -0.39 is 10.8 Å². The Balaban J connectivity index is 1.89. The maximum Gasteiger partial charge on any atom is 0.262 e. The third-order valence-corrected chi connectivity index (χ3v) is 6.81. The van der Waals surface area contributed by atoms with Crippen LogP contribution in [-0.2, 0) is 4.79 Å². The van der Waals surface area contributed by atoms with Gasteiger partial charge >= 0.3 is 0 Å². The second-order valence-corrected chi connectivity index (χ2v) is 9.16. The summed E-state index contributed by atoms with van der Waals surface area (Å²) in [5, 5.41) is 13.3. The molecular weight excluding hydrogens is 384 g/mol. The summed E-state index contributed by atoms with van der Waals surface area (Å²) in [5.41, 5.74) is -0.217. The molecule has 1 aliphatic carbocycles. The predicted octanol–water partition coefficient (Wildman–Crippen LogP) is 4.19. The molecule has 1 heterocycles. The molecule has 1 aromatic heterocycles. The van der Waals surface area contributed by atoms with E-state index >= 15 is 0 Å². The van der Waals surface area contributed by atoms with Gasteiger partial charge in [0, 0.05) is 6.04 Å². The van der Waals surface area contributed by atoms with Gasteiger partial charge in [0.2, 0.25) is 5.91 Å². The molecule has 1 saturated carbocycles. The smallest absolute Gasteiger partial charge is 0.262 e. The Kier molecular flexibility index (Phi) is 6.63. The Bertz CT molecular complexity index is 988.